The van der Waals surface area contributed by atoms with E-state index in [1.54, 1.807) is 0 Å². The minimum atomic E-state index is 0.303. The minimum absolute atomic E-state index is 0.303. The Balaban J connectivity index is 2.32. The number of anilines is 1. The fourth-order valence-electron chi connectivity index (χ4n) is 1.71. The summed E-state index contributed by atoms with van der Waals surface area (Å²) in [6.45, 7) is 3.07. The molecular formula is C10H15IN4S. The first-order chi connectivity index (χ1) is 7.59. The number of aromatic nitrogens is 2. The van der Waals surface area contributed by atoms with Gasteiger partial charge in [0.15, 0.2) is 0 Å². The molecule has 1 fully saturated rings. The van der Waals surface area contributed by atoms with Crippen molar-refractivity contribution in [2.45, 2.75) is 13.0 Å². The van der Waals surface area contributed by atoms with Crippen LogP contribution in [-0.4, -0.2) is 40.0 Å². The molecule has 1 unspecified atom stereocenters. The molecule has 2 rings (SSSR count). The number of halogens is 1. The van der Waals surface area contributed by atoms with Crippen LogP contribution in [0.25, 0.3) is 0 Å². The minimum Gasteiger partial charge on any atom is -0.383 e. The highest BCUT2D eigenvalue weighted by molar-refractivity contribution is 14.1. The summed E-state index contributed by atoms with van der Waals surface area (Å²) < 4.78 is 0.965. The Morgan fingerprint density at radius 3 is 2.88 bits per heavy atom. The van der Waals surface area contributed by atoms with Crippen LogP contribution in [0.1, 0.15) is 17.6 Å². The van der Waals surface area contributed by atoms with Gasteiger partial charge in [-0.15, -0.1) is 0 Å². The Morgan fingerprint density at radius 1 is 1.50 bits per heavy atom. The molecule has 0 aliphatic carbocycles. The van der Waals surface area contributed by atoms with Gasteiger partial charge < -0.3 is 5.73 Å². The summed E-state index contributed by atoms with van der Waals surface area (Å²) in [5.74, 6) is 3.71. The van der Waals surface area contributed by atoms with Crippen LogP contribution in [0.4, 0.5) is 5.82 Å². The number of aryl methyl sites for hydroxylation is 1. The summed E-state index contributed by atoms with van der Waals surface area (Å²) in [4.78, 5) is 11.3. The average molecular weight is 350 g/mol. The molecule has 88 valence electrons. The van der Waals surface area contributed by atoms with Crippen molar-refractivity contribution in [3.8, 4) is 0 Å². The topological polar surface area (TPSA) is 55.0 Å². The van der Waals surface area contributed by atoms with E-state index in [1.807, 2.05) is 18.7 Å². The standard InChI is InChI=1S/C10H15IN4S/c1-6-8(11)9(12)14-10(13-6)7-5-16-4-3-15(7)2/h7H,3-5H2,1-2H3,(H2,12,13,14). The van der Waals surface area contributed by atoms with Gasteiger partial charge in [0.2, 0.25) is 0 Å². The van der Waals surface area contributed by atoms with E-state index in [1.165, 1.54) is 5.75 Å². The Hall–Kier alpha value is -0.0800. The molecule has 1 saturated heterocycles. The van der Waals surface area contributed by atoms with E-state index in [2.05, 4.69) is 44.5 Å². The highest BCUT2D eigenvalue weighted by Gasteiger charge is 2.24. The predicted molar refractivity (Wildman–Crippen MR) is 76.6 cm³/mol. The quantitative estimate of drug-likeness (QED) is 0.782. The first kappa shape index (κ1) is 12.4. The van der Waals surface area contributed by atoms with Crippen LogP contribution in [-0.2, 0) is 0 Å². The van der Waals surface area contributed by atoms with Gasteiger partial charge in [0.25, 0.3) is 0 Å². The van der Waals surface area contributed by atoms with Crippen molar-refractivity contribution in [1.82, 2.24) is 14.9 Å². The molecule has 1 aliphatic heterocycles. The largest absolute Gasteiger partial charge is 0.383 e. The van der Waals surface area contributed by atoms with E-state index < -0.39 is 0 Å². The van der Waals surface area contributed by atoms with Gasteiger partial charge in [-0.3, -0.25) is 4.90 Å². The van der Waals surface area contributed by atoms with Gasteiger partial charge in [-0.2, -0.15) is 11.8 Å². The van der Waals surface area contributed by atoms with Gasteiger partial charge >= 0.3 is 0 Å². The maximum absolute atomic E-state index is 5.89. The van der Waals surface area contributed by atoms with Crippen molar-refractivity contribution in [2.75, 3.05) is 30.8 Å². The second-order valence-electron chi connectivity index (χ2n) is 3.94. The lowest BCUT2D eigenvalue weighted by Gasteiger charge is -2.31. The van der Waals surface area contributed by atoms with Gasteiger partial charge in [-0.25, -0.2) is 9.97 Å². The summed E-state index contributed by atoms with van der Waals surface area (Å²) in [6, 6.07) is 0.303. The van der Waals surface area contributed by atoms with Crippen molar-refractivity contribution in [1.29, 1.82) is 0 Å². The van der Waals surface area contributed by atoms with E-state index >= 15 is 0 Å². The van der Waals surface area contributed by atoms with Crippen LogP contribution < -0.4 is 5.73 Å². The zero-order chi connectivity index (χ0) is 11.7. The molecule has 0 saturated carbocycles. The molecule has 0 radical (unpaired) electrons. The number of hydrogen-bond donors (Lipinski definition) is 1. The summed E-state index contributed by atoms with van der Waals surface area (Å²) in [6.07, 6.45) is 0. The molecule has 0 aromatic carbocycles. The third kappa shape index (κ3) is 2.43. The molecule has 4 nitrogen and oxygen atoms in total. The Morgan fingerprint density at radius 2 is 2.25 bits per heavy atom. The van der Waals surface area contributed by atoms with E-state index in [0.29, 0.717) is 11.9 Å². The van der Waals surface area contributed by atoms with E-state index in [4.69, 9.17) is 5.73 Å². The van der Waals surface area contributed by atoms with Crippen LogP contribution >= 0.6 is 34.4 Å². The molecule has 1 aliphatic rings. The second kappa shape index (κ2) is 5.05. The van der Waals surface area contributed by atoms with E-state index in [9.17, 15) is 0 Å². The Kier molecular flexibility index (Phi) is 3.91. The number of hydrogen-bond acceptors (Lipinski definition) is 5. The maximum Gasteiger partial charge on any atom is 0.149 e. The van der Waals surface area contributed by atoms with Gasteiger partial charge in [-0.05, 0) is 36.6 Å². The van der Waals surface area contributed by atoms with Gasteiger partial charge in [-0.1, -0.05) is 0 Å². The fourth-order valence-corrected chi connectivity index (χ4v) is 3.16. The molecule has 1 aromatic rings. The third-order valence-electron chi connectivity index (χ3n) is 2.75. The molecule has 2 N–H and O–H groups in total. The average Bonchev–Trinajstić information content (AvgIpc) is 2.26. The highest BCUT2D eigenvalue weighted by atomic mass is 127. The van der Waals surface area contributed by atoms with Crippen molar-refractivity contribution in [3.05, 3.63) is 15.1 Å². The number of rotatable bonds is 1. The molecule has 16 heavy (non-hydrogen) atoms. The molecule has 0 bridgehead atoms. The SMILES string of the molecule is Cc1nc(C2CSCCN2C)nc(N)c1I. The smallest absolute Gasteiger partial charge is 0.149 e. The monoisotopic (exact) mass is 350 g/mol. The second-order valence-corrected chi connectivity index (χ2v) is 6.17. The van der Waals surface area contributed by atoms with Crippen molar-refractivity contribution >= 4 is 40.2 Å². The summed E-state index contributed by atoms with van der Waals surface area (Å²) in [7, 11) is 2.12. The van der Waals surface area contributed by atoms with E-state index in [0.717, 1.165) is 27.4 Å². The summed E-state index contributed by atoms with van der Waals surface area (Å²) in [5, 5.41) is 0. The number of nitrogen functional groups attached to an aromatic ring is 1. The third-order valence-corrected chi connectivity index (χ3v) is 5.11. The maximum atomic E-state index is 5.89. The molecular weight excluding hydrogens is 335 g/mol. The normalized spacial score (nSPS) is 22.3. The zero-order valence-corrected chi connectivity index (χ0v) is 12.4. The van der Waals surface area contributed by atoms with Gasteiger partial charge in [0.1, 0.15) is 11.6 Å². The Labute approximate surface area is 114 Å². The highest BCUT2D eigenvalue weighted by Crippen LogP contribution is 2.27. The lowest BCUT2D eigenvalue weighted by Crippen LogP contribution is -2.34. The predicted octanol–water partition coefficient (Wildman–Crippen LogP) is 1.69. The van der Waals surface area contributed by atoms with Crippen molar-refractivity contribution in [2.24, 2.45) is 0 Å². The van der Waals surface area contributed by atoms with Crippen molar-refractivity contribution < 1.29 is 0 Å². The van der Waals surface area contributed by atoms with Crippen LogP contribution in [0.5, 0.6) is 0 Å². The lowest BCUT2D eigenvalue weighted by atomic mass is 10.2. The van der Waals surface area contributed by atoms with Gasteiger partial charge in [0.05, 0.1) is 15.3 Å². The molecule has 0 spiro atoms. The molecule has 1 aromatic heterocycles. The molecule has 1 atom stereocenters. The lowest BCUT2D eigenvalue weighted by molar-refractivity contribution is 0.264. The van der Waals surface area contributed by atoms with Crippen molar-refractivity contribution in [3.63, 3.8) is 0 Å². The van der Waals surface area contributed by atoms with Gasteiger partial charge in [0, 0.05) is 18.1 Å². The van der Waals surface area contributed by atoms with Crippen LogP contribution in [0.3, 0.4) is 0 Å². The van der Waals surface area contributed by atoms with Crippen LogP contribution in [0, 0.1) is 10.5 Å². The van der Waals surface area contributed by atoms with E-state index in [-0.39, 0.29) is 0 Å². The molecule has 2 heterocycles. The summed E-state index contributed by atoms with van der Waals surface area (Å²) in [5.41, 5.74) is 6.87. The first-order valence-corrected chi connectivity index (χ1v) is 7.40. The molecule has 0 amide bonds. The summed E-state index contributed by atoms with van der Waals surface area (Å²) >= 11 is 4.15. The first-order valence-electron chi connectivity index (χ1n) is 5.17. The Bertz CT molecular complexity index is 375. The number of nitrogens with two attached hydrogens (primary N) is 1. The van der Waals surface area contributed by atoms with Crippen LogP contribution in [0.2, 0.25) is 0 Å². The van der Waals surface area contributed by atoms with Crippen LogP contribution in [0.15, 0.2) is 0 Å². The zero-order valence-electron chi connectivity index (χ0n) is 9.40. The fraction of sp³-hybridized carbons (Fsp3) is 0.600. The number of nitrogens with zero attached hydrogens (tertiary/aromatic N) is 3. The molecule has 6 heteroatoms. The number of thioether (sulfide) groups is 1.